The zero-order chi connectivity index (χ0) is 27.9. The van der Waals surface area contributed by atoms with Gasteiger partial charge in [0.15, 0.2) is 28.6 Å². The van der Waals surface area contributed by atoms with Crippen molar-refractivity contribution in [3.63, 3.8) is 0 Å². The number of ether oxygens (including phenoxy) is 3. The summed E-state index contributed by atoms with van der Waals surface area (Å²) in [4.78, 5) is 36.2. The van der Waals surface area contributed by atoms with E-state index in [2.05, 4.69) is 0 Å². The van der Waals surface area contributed by atoms with Crippen LogP contribution in [0.2, 0.25) is 0 Å². The van der Waals surface area contributed by atoms with Crippen LogP contribution in [0.15, 0.2) is 39.5 Å². The van der Waals surface area contributed by atoms with E-state index < -0.39 is 88.5 Å². The van der Waals surface area contributed by atoms with Crippen LogP contribution in [0.1, 0.15) is 25.5 Å². The van der Waals surface area contributed by atoms with Crippen molar-refractivity contribution in [2.45, 2.75) is 44.4 Å². The molecule has 2 aromatic carbocycles. The van der Waals surface area contributed by atoms with E-state index in [9.17, 15) is 45.0 Å². The predicted molar refractivity (Wildman–Crippen MR) is 126 cm³/mol. The van der Waals surface area contributed by atoms with Crippen LogP contribution in [-0.2, 0) is 23.8 Å². The van der Waals surface area contributed by atoms with E-state index in [1.54, 1.807) is 0 Å². The Hall–Kier alpha value is -4.33. The lowest BCUT2D eigenvalue weighted by Gasteiger charge is -2.42. The molecule has 0 unspecified atom stereocenters. The van der Waals surface area contributed by atoms with Crippen molar-refractivity contribution in [1.82, 2.24) is 0 Å². The molecular formula is C25H24O13. The van der Waals surface area contributed by atoms with Crippen LogP contribution in [0.5, 0.6) is 23.0 Å². The number of rotatable bonds is 5. The molecule has 0 radical (unpaired) electrons. The smallest absolute Gasteiger partial charge is 0.303 e. The average Bonchev–Trinajstić information content (AvgIpc) is 2.83. The minimum atomic E-state index is -1.80. The van der Waals surface area contributed by atoms with Gasteiger partial charge in [-0.15, -0.1) is 0 Å². The van der Waals surface area contributed by atoms with E-state index in [1.807, 2.05) is 0 Å². The van der Waals surface area contributed by atoms with E-state index in [-0.39, 0.29) is 16.9 Å². The molecule has 6 N–H and O–H groups in total. The summed E-state index contributed by atoms with van der Waals surface area (Å²) < 4.78 is 21.8. The van der Waals surface area contributed by atoms with E-state index in [1.165, 1.54) is 6.07 Å². The Labute approximate surface area is 213 Å². The summed E-state index contributed by atoms with van der Waals surface area (Å²) in [6.45, 7) is 1.63. The Morgan fingerprint density at radius 2 is 1.61 bits per heavy atom. The van der Waals surface area contributed by atoms with Crippen molar-refractivity contribution in [1.29, 1.82) is 0 Å². The zero-order valence-electron chi connectivity index (χ0n) is 20.0. The summed E-state index contributed by atoms with van der Waals surface area (Å²) in [5.74, 6) is -4.02. The van der Waals surface area contributed by atoms with Crippen molar-refractivity contribution in [3.05, 3.63) is 46.1 Å². The van der Waals surface area contributed by atoms with E-state index >= 15 is 0 Å². The minimum Gasteiger partial charge on any atom is -0.507 e. The molecule has 38 heavy (non-hydrogen) atoms. The van der Waals surface area contributed by atoms with Gasteiger partial charge in [-0.3, -0.25) is 14.4 Å². The second kappa shape index (κ2) is 10.2. The lowest BCUT2D eigenvalue weighted by Crippen LogP contribution is -2.56. The molecule has 202 valence electrons. The molecule has 13 nitrogen and oxygen atoms in total. The van der Waals surface area contributed by atoms with Gasteiger partial charge in [0.1, 0.15) is 53.7 Å². The van der Waals surface area contributed by atoms with E-state index in [0.717, 1.165) is 38.1 Å². The number of hydrogen-bond acceptors (Lipinski definition) is 13. The number of aromatic hydroxyl groups is 4. The first kappa shape index (κ1) is 26.7. The van der Waals surface area contributed by atoms with Crippen LogP contribution in [0.25, 0.3) is 22.3 Å². The van der Waals surface area contributed by atoms with Gasteiger partial charge in [-0.05, 0) is 18.2 Å². The average molecular weight is 532 g/mol. The van der Waals surface area contributed by atoms with Crippen LogP contribution in [0, 0.1) is 0 Å². The molecule has 1 saturated heterocycles. The molecule has 0 saturated carbocycles. The van der Waals surface area contributed by atoms with Gasteiger partial charge in [0, 0.05) is 31.5 Å². The Balaban J connectivity index is 1.95. The first-order valence-corrected chi connectivity index (χ1v) is 11.3. The third kappa shape index (κ3) is 4.94. The molecule has 1 aromatic heterocycles. The van der Waals surface area contributed by atoms with Gasteiger partial charge < -0.3 is 49.3 Å². The maximum absolute atomic E-state index is 13.0. The molecule has 4 rings (SSSR count). The molecule has 2 heterocycles. The SMILES string of the molecule is CC(=O)OC[C@@H]1O[C@@H](c2c(O)cc(O)c3c(=O)cc(-c4ccc(O)c(O)c4)oc23)[C@H](OC(C)=O)[C@@H](O)[C@@H]1O. The Morgan fingerprint density at radius 3 is 2.24 bits per heavy atom. The molecule has 0 aliphatic carbocycles. The predicted octanol–water partition coefficient (Wildman–Crippen LogP) is 0.939. The lowest BCUT2D eigenvalue weighted by atomic mass is 9.89. The number of carbonyl (C=O) groups is 2. The summed E-state index contributed by atoms with van der Waals surface area (Å²) in [5.41, 5.74) is -1.39. The van der Waals surface area contributed by atoms with Crippen LogP contribution in [0.3, 0.4) is 0 Å². The van der Waals surface area contributed by atoms with Crippen LogP contribution in [-0.4, -0.2) is 73.6 Å². The van der Waals surface area contributed by atoms with Crippen molar-refractivity contribution in [2.75, 3.05) is 6.61 Å². The minimum absolute atomic E-state index is 0.136. The third-order valence-corrected chi connectivity index (χ3v) is 5.98. The summed E-state index contributed by atoms with van der Waals surface area (Å²) in [6.07, 6.45) is -8.08. The second-order valence-electron chi connectivity index (χ2n) is 8.66. The largest absolute Gasteiger partial charge is 0.507 e. The van der Waals surface area contributed by atoms with Crippen molar-refractivity contribution in [2.24, 2.45) is 0 Å². The molecule has 0 spiro atoms. The number of fused-ring (bicyclic) bond motifs is 1. The van der Waals surface area contributed by atoms with Gasteiger partial charge in [-0.1, -0.05) is 0 Å². The van der Waals surface area contributed by atoms with Gasteiger partial charge in [-0.25, -0.2) is 0 Å². The highest BCUT2D eigenvalue weighted by atomic mass is 16.6. The highest BCUT2D eigenvalue weighted by molar-refractivity contribution is 5.89. The quantitative estimate of drug-likeness (QED) is 0.200. The highest BCUT2D eigenvalue weighted by Crippen LogP contribution is 2.45. The zero-order valence-corrected chi connectivity index (χ0v) is 20.0. The van der Waals surface area contributed by atoms with Crippen molar-refractivity contribution in [3.8, 4) is 34.3 Å². The first-order valence-electron chi connectivity index (χ1n) is 11.3. The van der Waals surface area contributed by atoms with Crippen molar-refractivity contribution < 1.29 is 58.9 Å². The fourth-order valence-corrected chi connectivity index (χ4v) is 4.25. The van der Waals surface area contributed by atoms with Gasteiger partial charge in [-0.2, -0.15) is 0 Å². The number of carbonyl (C=O) groups excluding carboxylic acids is 2. The van der Waals surface area contributed by atoms with E-state index in [4.69, 9.17) is 18.6 Å². The summed E-state index contributed by atoms with van der Waals surface area (Å²) in [6, 6.07) is 5.41. The molecule has 13 heteroatoms. The lowest BCUT2D eigenvalue weighted by molar-refractivity contribution is -0.242. The van der Waals surface area contributed by atoms with Gasteiger partial charge >= 0.3 is 11.9 Å². The number of aliphatic hydroxyl groups excluding tert-OH is 2. The fraction of sp³-hybridized carbons (Fsp3) is 0.320. The topological polar surface area (TPSA) is 213 Å². The second-order valence-corrected chi connectivity index (χ2v) is 8.66. The Bertz CT molecular complexity index is 1460. The summed E-state index contributed by atoms with van der Waals surface area (Å²) in [7, 11) is 0. The van der Waals surface area contributed by atoms with Crippen LogP contribution >= 0.6 is 0 Å². The maximum Gasteiger partial charge on any atom is 0.303 e. The van der Waals surface area contributed by atoms with Gasteiger partial charge in [0.2, 0.25) is 0 Å². The van der Waals surface area contributed by atoms with Gasteiger partial charge in [0.05, 0.1) is 5.56 Å². The molecule has 1 aliphatic heterocycles. The normalized spacial score (nSPS) is 23.2. The number of benzene rings is 2. The number of phenolic OH excluding ortho intramolecular Hbond substituents is 4. The number of hydrogen-bond donors (Lipinski definition) is 6. The standard InChI is InChI=1S/C25H24O13/c1-9(26)35-8-18-21(33)22(34)25(36-10(2)27)24(38-18)20-15(31)6-14(30)19-16(32)7-17(37-23(19)20)11-3-4-12(28)13(29)5-11/h3-7,18,21-22,24-25,28-31,33-34H,8H2,1-2H3/t18-,21+,22-,24-,25+/m0/s1. The van der Waals surface area contributed by atoms with E-state index in [0.29, 0.717) is 0 Å². The fourth-order valence-electron chi connectivity index (χ4n) is 4.25. The molecule has 3 aromatic rings. The Kier molecular flexibility index (Phi) is 7.18. The molecule has 1 fully saturated rings. The molecule has 0 amide bonds. The van der Waals surface area contributed by atoms with Crippen molar-refractivity contribution >= 4 is 22.9 Å². The summed E-state index contributed by atoms with van der Waals surface area (Å²) >= 11 is 0. The summed E-state index contributed by atoms with van der Waals surface area (Å²) in [5, 5.41) is 61.7. The molecule has 0 bridgehead atoms. The van der Waals surface area contributed by atoms with Crippen LogP contribution in [0.4, 0.5) is 0 Å². The third-order valence-electron chi connectivity index (χ3n) is 5.98. The molecular weight excluding hydrogens is 508 g/mol. The Morgan fingerprint density at radius 1 is 0.895 bits per heavy atom. The maximum atomic E-state index is 13.0. The highest BCUT2D eigenvalue weighted by Gasteiger charge is 2.49. The molecule has 1 aliphatic rings. The molecule has 5 atom stereocenters. The number of phenols is 4. The van der Waals surface area contributed by atoms with Gasteiger partial charge in [0.25, 0.3) is 0 Å². The number of aliphatic hydroxyl groups is 2. The number of esters is 2. The van der Waals surface area contributed by atoms with Crippen LogP contribution < -0.4 is 5.43 Å². The first-order chi connectivity index (χ1) is 17.9. The monoisotopic (exact) mass is 532 g/mol.